The third-order valence-corrected chi connectivity index (χ3v) is 2.86. The zero-order chi connectivity index (χ0) is 13.0. The monoisotopic (exact) mass is 236 g/mol. The van der Waals surface area contributed by atoms with E-state index < -0.39 is 0 Å². The number of aryl methyl sites for hydroxylation is 2. The average Bonchev–Trinajstić information content (AvgIpc) is 2.25. The first-order valence-corrected chi connectivity index (χ1v) is 6.09. The Morgan fingerprint density at radius 1 is 1.24 bits per heavy atom. The molecular formula is C14H24N2O. The summed E-state index contributed by atoms with van der Waals surface area (Å²) in [4.78, 5) is 0. The normalized spacial score (nSPS) is 12.9. The lowest BCUT2D eigenvalue weighted by Gasteiger charge is -2.18. The second-order valence-corrected chi connectivity index (χ2v) is 4.86. The fourth-order valence-electron chi connectivity index (χ4n) is 2.00. The Morgan fingerprint density at radius 2 is 1.76 bits per heavy atom. The SMILES string of the molecule is COc1c(C)cc(C(N)CNC(C)C)cc1C. The van der Waals surface area contributed by atoms with Gasteiger partial charge in [-0.15, -0.1) is 0 Å². The van der Waals surface area contributed by atoms with Crippen LogP contribution in [0.15, 0.2) is 12.1 Å². The number of rotatable bonds is 5. The fourth-order valence-corrected chi connectivity index (χ4v) is 2.00. The van der Waals surface area contributed by atoms with E-state index in [4.69, 9.17) is 10.5 Å². The highest BCUT2D eigenvalue weighted by atomic mass is 16.5. The molecule has 1 rings (SSSR count). The molecule has 0 heterocycles. The molecule has 0 aromatic heterocycles. The van der Waals surface area contributed by atoms with Crippen LogP contribution in [0.2, 0.25) is 0 Å². The molecule has 3 nitrogen and oxygen atoms in total. The molecule has 1 unspecified atom stereocenters. The molecule has 0 amide bonds. The van der Waals surface area contributed by atoms with Gasteiger partial charge in [0, 0.05) is 18.6 Å². The number of hydrogen-bond acceptors (Lipinski definition) is 3. The van der Waals surface area contributed by atoms with Gasteiger partial charge in [-0.3, -0.25) is 0 Å². The van der Waals surface area contributed by atoms with Crippen LogP contribution in [0.3, 0.4) is 0 Å². The van der Waals surface area contributed by atoms with Crippen molar-refractivity contribution in [3.8, 4) is 5.75 Å². The minimum Gasteiger partial charge on any atom is -0.496 e. The number of methoxy groups -OCH3 is 1. The Morgan fingerprint density at radius 3 is 2.18 bits per heavy atom. The first-order valence-electron chi connectivity index (χ1n) is 6.09. The van der Waals surface area contributed by atoms with Crippen molar-refractivity contribution in [1.29, 1.82) is 0 Å². The minimum atomic E-state index is 0.0284. The number of nitrogens with one attached hydrogen (secondary N) is 1. The maximum Gasteiger partial charge on any atom is 0.124 e. The van der Waals surface area contributed by atoms with E-state index in [0.717, 1.165) is 29.0 Å². The van der Waals surface area contributed by atoms with Crippen LogP contribution in [0.4, 0.5) is 0 Å². The van der Waals surface area contributed by atoms with Gasteiger partial charge in [-0.05, 0) is 30.5 Å². The van der Waals surface area contributed by atoms with Crippen molar-refractivity contribution < 1.29 is 4.74 Å². The highest BCUT2D eigenvalue weighted by Gasteiger charge is 2.11. The van der Waals surface area contributed by atoms with Crippen LogP contribution in [0.25, 0.3) is 0 Å². The molecule has 96 valence electrons. The molecule has 1 aromatic rings. The second kappa shape index (κ2) is 6.03. The van der Waals surface area contributed by atoms with E-state index in [1.54, 1.807) is 7.11 Å². The van der Waals surface area contributed by atoms with Gasteiger partial charge < -0.3 is 15.8 Å². The van der Waals surface area contributed by atoms with Crippen LogP contribution in [0.5, 0.6) is 5.75 Å². The summed E-state index contributed by atoms with van der Waals surface area (Å²) in [5.74, 6) is 0.956. The molecule has 3 N–H and O–H groups in total. The van der Waals surface area contributed by atoms with Crippen molar-refractivity contribution >= 4 is 0 Å². The van der Waals surface area contributed by atoms with E-state index in [-0.39, 0.29) is 6.04 Å². The molecule has 0 radical (unpaired) electrons. The zero-order valence-electron chi connectivity index (χ0n) is 11.5. The summed E-state index contributed by atoms with van der Waals surface area (Å²) in [7, 11) is 1.70. The number of benzene rings is 1. The molecule has 0 spiro atoms. The Balaban J connectivity index is 2.84. The van der Waals surface area contributed by atoms with Crippen LogP contribution >= 0.6 is 0 Å². The lowest BCUT2D eigenvalue weighted by Crippen LogP contribution is -2.31. The molecule has 3 heteroatoms. The maximum atomic E-state index is 6.17. The maximum absolute atomic E-state index is 6.17. The number of ether oxygens (including phenoxy) is 1. The summed E-state index contributed by atoms with van der Waals surface area (Å²) in [6.07, 6.45) is 0. The van der Waals surface area contributed by atoms with E-state index in [0.29, 0.717) is 6.04 Å². The van der Waals surface area contributed by atoms with Crippen LogP contribution in [0.1, 0.15) is 36.6 Å². The van der Waals surface area contributed by atoms with Gasteiger partial charge in [-0.2, -0.15) is 0 Å². The van der Waals surface area contributed by atoms with Gasteiger partial charge in [0.05, 0.1) is 7.11 Å². The predicted octanol–water partition coefficient (Wildman–Crippen LogP) is 2.31. The Bertz CT molecular complexity index is 351. The minimum absolute atomic E-state index is 0.0284. The summed E-state index contributed by atoms with van der Waals surface area (Å²) in [5, 5.41) is 3.35. The first-order chi connectivity index (χ1) is 7.95. The first kappa shape index (κ1) is 14.0. The van der Waals surface area contributed by atoms with E-state index in [1.807, 2.05) is 0 Å². The molecule has 0 saturated heterocycles. The Hall–Kier alpha value is -1.06. The summed E-state index contributed by atoms with van der Waals surface area (Å²) in [6.45, 7) is 9.15. The van der Waals surface area contributed by atoms with E-state index >= 15 is 0 Å². The van der Waals surface area contributed by atoms with Gasteiger partial charge in [-0.1, -0.05) is 26.0 Å². The Labute approximate surface area is 104 Å². The lowest BCUT2D eigenvalue weighted by atomic mass is 10.0. The van der Waals surface area contributed by atoms with E-state index in [1.165, 1.54) is 0 Å². The highest BCUT2D eigenvalue weighted by molar-refractivity contribution is 5.44. The van der Waals surface area contributed by atoms with Crippen LogP contribution in [0, 0.1) is 13.8 Å². The quantitative estimate of drug-likeness (QED) is 0.824. The molecule has 0 aliphatic heterocycles. The van der Waals surface area contributed by atoms with Crippen LogP contribution in [-0.4, -0.2) is 19.7 Å². The third-order valence-electron chi connectivity index (χ3n) is 2.86. The van der Waals surface area contributed by atoms with Crippen molar-refractivity contribution in [3.05, 3.63) is 28.8 Å². The molecule has 0 aliphatic carbocycles. The van der Waals surface area contributed by atoms with Gasteiger partial charge in [-0.25, -0.2) is 0 Å². The average molecular weight is 236 g/mol. The summed E-state index contributed by atoms with van der Waals surface area (Å²) in [6, 6.07) is 4.71. The smallest absolute Gasteiger partial charge is 0.124 e. The van der Waals surface area contributed by atoms with Gasteiger partial charge in [0.25, 0.3) is 0 Å². The number of hydrogen-bond donors (Lipinski definition) is 2. The molecule has 17 heavy (non-hydrogen) atoms. The molecule has 0 bridgehead atoms. The summed E-state index contributed by atoms with van der Waals surface area (Å²) < 4.78 is 5.35. The van der Waals surface area contributed by atoms with Crippen LogP contribution in [-0.2, 0) is 0 Å². The molecule has 0 aliphatic rings. The molecule has 0 fully saturated rings. The van der Waals surface area contributed by atoms with Crippen molar-refractivity contribution in [2.45, 2.75) is 39.8 Å². The molecule has 1 atom stereocenters. The fraction of sp³-hybridized carbons (Fsp3) is 0.571. The summed E-state index contributed by atoms with van der Waals surface area (Å²) >= 11 is 0. The van der Waals surface area contributed by atoms with Crippen molar-refractivity contribution in [2.24, 2.45) is 5.73 Å². The van der Waals surface area contributed by atoms with Crippen molar-refractivity contribution in [2.75, 3.05) is 13.7 Å². The second-order valence-electron chi connectivity index (χ2n) is 4.86. The van der Waals surface area contributed by atoms with Crippen molar-refractivity contribution in [3.63, 3.8) is 0 Å². The standard InChI is InChI=1S/C14H24N2O/c1-9(2)16-8-13(15)12-6-10(3)14(17-5)11(4)7-12/h6-7,9,13,16H,8,15H2,1-5H3. The molecule has 0 saturated carbocycles. The zero-order valence-corrected chi connectivity index (χ0v) is 11.5. The summed E-state index contributed by atoms with van der Waals surface area (Å²) in [5.41, 5.74) is 9.61. The predicted molar refractivity (Wildman–Crippen MR) is 72.5 cm³/mol. The van der Waals surface area contributed by atoms with Gasteiger partial charge in [0.1, 0.15) is 5.75 Å². The van der Waals surface area contributed by atoms with Gasteiger partial charge in [0.15, 0.2) is 0 Å². The van der Waals surface area contributed by atoms with Crippen LogP contribution < -0.4 is 15.8 Å². The molecule has 1 aromatic carbocycles. The third kappa shape index (κ3) is 3.72. The Kier molecular flexibility index (Phi) is 4.97. The topological polar surface area (TPSA) is 47.3 Å². The van der Waals surface area contributed by atoms with Crippen molar-refractivity contribution in [1.82, 2.24) is 5.32 Å². The van der Waals surface area contributed by atoms with Gasteiger partial charge >= 0.3 is 0 Å². The largest absolute Gasteiger partial charge is 0.496 e. The molecular weight excluding hydrogens is 212 g/mol. The lowest BCUT2D eigenvalue weighted by molar-refractivity contribution is 0.408. The van der Waals surface area contributed by atoms with E-state index in [2.05, 4.69) is 45.1 Å². The van der Waals surface area contributed by atoms with Gasteiger partial charge in [0.2, 0.25) is 0 Å². The highest BCUT2D eigenvalue weighted by Crippen LogP contribution is 2.26. The van der Waals surface area contributed by atoms with E-state index in [9.17, 15) is 0 Å². The number of nitrogens with two attached hydrogens (primary N) is 1.